The standard InChI is InChI=1S/C16H21F/c1-3-5-7-9-14(8-6-4-2)15-10-12-16(17)13-11-15/h4,6,8,10-13H,3,5,7,9H2,1-2H3/b6-4+,14-8+. The summed E-state index contributed by atoms with van der Waals surface area (Å²) in [5.41, 5.74) is 2.41. The van der Waals surface area contributed by atoms with Crippen molar-refractivity contribution in [2.45, 2.75) is 39.5 Å². The molecule has 0 nitrogen and oxygen atoms in total. The van der Waals surface area contributed by atoms with E-state index in [9.17, 15) is 4.39 Å². The number of benzene rings is 1. The van der Waals surface area contributed by atoms with E-state index in [4.69, 9.17) is 0 Å². The van der Waals surface area contributed by atoms with Crippen LogP contribution in [0.4, 0.5) is 4.39 Å². The summed E-state index contributed by atoms with van der Waals surface area (Å²) in [7, 11) is 0. The third-order valence-corrected chi connectivity index (χ3v) is 2.75. The van der Waals surface area contributed by atoms with E-state index in [1.165, 1.54) is 37.0 Å². The maximum atomic E-state index is 12.9. The Morgan fingerprint density at radius 1 is 1.18 bits per heavy atom. The van der Waals surface area contributed by atoms with Crippen molar-refractivity contribution < 1.29 is 4.39 Å². The Morgan fingerprint density at radius 3 is 2.47 bits per heavy atom. The highest BCUT2D eigenvalue weighted by Gasteiger charge is 2.01. The lowest BCUT2D eigenvalue weighted by atomic mass is 9.99. The first-order valence-corrected chi connectivity index (χ1v) is 6.35. The summed E-state index contributed by atoms with van der Waals surface area (Å²) in [6.07, 6.45) is 10.9. The molecule has 0 saturated heterocycles. The maximum absolute atomic E-state index is 12.9. The number of allylic oxidation sites excluding steroid dienone is 4. The van der Waals surface area contributed by atoms with E-state index in [-0.39, 0.29) is 5.82 Å². The molecule has 92 valence electrons. The molecule has 17 heavy (non-hydrogen) atoms. The van der Waals surface area contributed by atoms with Crippen molar-refractivity contribution in [2.75, 3.05) is 0 Å². The molecule has 0 heterocycles. The minimum Gasteiger partial charge on any atom is -0.207 e. The van der Waals surface area contributed by atoms with Gasteiger partial charge in [0.15, 0.2) is 0 Å². The zero-order chi connectivity index (χ0) is 12.5. The van der Waals surface area contributed by atoms with E-state index in [0.717, 1.165) is 12.0 Å². The van der Waals surface area contributed by atoms with Crippen molar-refractivity contribution in [3.63, 3.8) is 0 Å². The average Bonchev–Trinajstić information content (AvgIpc) is 2.35. The normalized spacial score (nSPS) is 12.3. The van der Waals surface area contributed by atoms with Gasteiger partial charge in [0.25, 0.3) is 0 Å². The molecule has 0 amide bonds. The SMILES string of the molecule is C/C=C/C=C(\CCCCC)c1ccc(F)cc1. The summed E-state index contributed by atoms with van der Waals surface area (Å²) >= 11 is 0. The molecule has 0 radical (unpaired) electrons. The molecular formula is C16H21F. The van der Waals surface area contributed by atoms with Gasteiger partial charge in [0.05, 0.1) is 0 Å². The Balaban J connectivity index is 2.78. The fourth-order valence-corrected chi connectivity index (χ4v) is 1.77. The molecule has 0 spiro atoms. The van der Waals surface area contributed by atoms with Gasteiger partial charge in [-0.25, -0.2) is 4.39 Å². The number of hydrogen-bond donors (Lipinski definition) is 0. The van der Waals surface area contributed by atoms with E-state index < -0.39 is 0 Å². The van der Waals surface area contributed by atoms with Gasteiger partial charge in [0, 0.05) is 0 Å². The predicted octanol–water partition coefficient (Wildman–Crippen LogP) is 5.37. The highest BCUT2D eigenvalue weighted by molar-refractivity contribution is 5.66. The fourth-order valence-electron chi connectivity index (χ4n) is 1.77. The second kappa shape index (κ2) is 7.83. The van der Waals surface area contributed by atoms with Crippen molar-refractivity contribution in [3.05, 3.63) is 53.9 Å². The van der Waals surface area contributed by atoms with Gasteiger partial charge in [0.1, 0.15) is 5.82 Å². The third kappa shape index (κ3) is 4.99. The first kappa shape index (κ1) is 13.7. The topological polar surface area (TPSA) is 0 Å². The van der Waals surface area contributed by atoms with Gasteiger partial charge >= 0.3 is 0 Å². The summed E-state index contributed by atoms with van der Waals surface area (Å²) in [4.78, 5) is 0. The molecule has 0 aliphatic rings. The van der Waals surface area contributed by atoms with Gasteiger partial charge in [-0.1, -0.05) is 50.1 Å². The van der Waals surface area contributed by atoms with Crippen LogP contribution in [0.5, 0.6) is 0 Å². The summed E-state index contributed by atoms with van der Waals surface area (Å²) in [6, 6.07) is 6.77. The van der Waals surface area contributed by atoms with Crippen LogP contribution in [0.25, 0.3) is 5.57 Å². The molecule has 0 N–H and O–H groups in total. The number of unbranched alkanes of at least 4 members (excludes halogenated alkanes) is 2. The first-order valence-electron chi connectivity index (χ1n) is 6.35. The van der Waals surface area contributed by atoms with Crippen LogP contribution in [0.3, 0.4) is 0 Å². The largest absolute Gasteiger partial charge is 0.207 e. The van der Waals surface area contributed by atoms with E-state index >= 15 is 0 Å². The van der Waals surface area contributed by atoms with Crippen molar-refractivity contribution in [2.24, 2.45) is 0 Å². The molecule has 0 aliphatic carbocycles. The Bertz CT molecular complexity index is 371. The molecule has 0 aromatic heterocycles. The molecule has 0 atom stereocenters. The third-order valence-electron chi connectivity index (χ3n) is 2.75. The van der Waals surface area contributed by atoms with Gasteiger partial charge < -0.3 is 0 Å². The van der Waals surface area contributed by atoms with Crippen molar-refractivity contribution in [1.82, 2.24) is 0 Å². The average molecular weight is 232 g/mol. The van der Waals surface area contributed by atoms with Gasteiger partial charge in [-0.3, -0.25) is 0 Å². The highest BCUT2D eigenvalue weighted by Crippen LogP contribution is 2.21. The van der Waals surface area contributed by atoms with E-state index in [2.05, 4.69) is 13.0 Å². The van der Waals surface area contributed by atoms with Crippen molar-refractivity contribution in [3.8, 4) is 0 Å². The van der Waals surface area contributed by atoms with Crippen LogP contribution in [-0.4, -0.2) is 0 Å². The Labute approximate surface area is 104 Å². The van der Waals surface area contributed by atoms with Gasteiger partial charge in [-0.05, 0) is 43.0 Å². The van der Waals surface area contributed by atoms with Crippen LogP contribution >= 0.6 is 0 Å². The van der Waals surface area contributed by atoms with Gasteiger partial charge in [0.2, 0.25) is 0 Å². The smallest absolute Gasteiger partial charge is 0.123 e. The van der Waals surface area contributed by atoms with Crippen LogP contribution in [0.15, 0.2) is 42.5 Å². The monoisotopic (exact) mass is 232 g/mol. The van der Waals surface area contributed by atoms with Crippen LogP contribution in [-0.2, 0) is 0 Å². The molecule has 1 aromatic rings. The summed E-state index contributed by atoms with van der Waals surface area (Å²) in [5, 5.41) is 0. The van der Waals surface area contributed by atoms with Crippen LogP contribution in [0, 0.1) is 5.82 Å². The number of hydrogen-bond acceptors (Lipinski definition) is 0. The van der Waals surface area contributed by atoms with E-state index in [1.807, 2.05) is 31.2 Å². The van der Waals surface area contributed by atoms with Crippen molar-refractivity contribution >= 4 is 5.57 Å². The van der Waals surface area contributed by atoms with E-state index in [0.29, 0.717) is 0 Å². The Kier molecular flexibility index (Phi) is 6.31. The second-order valence-electron chi connectivity index (χ2n) is 4.18. The zero-order valence-corrected chi connectivity index (χ0v) is 10.7. The molecule has 0 fully saturated rings. The molecular weight excluding hydrogens is 211 g/mol. The first-order chi connectivity index (χ1) is 8.27. The van der Waals surface area contributed by atoms with Crippen LogP contribution in [0.1, 0.15) is 45.1 Å². The summed E-state index contributed by atoms with van der Waals surface area (Å²) < 4.78 is 12.9. The molecule has 0 bridgehead atoms. The molecule has 1 heteroatoms. The lowest BCUT2D eigenvalue weighted by molar-refractivity contribution is 0.627. The highest BCUT2D eigenvalue weighted by atomic mass is 19.1. The minimum absolute atomic E-state index is 0.173. The summed E-state index contributed by atoms with van der Waals surface area (Å²) in [6.45, 7) is 4.21. The Morgan fingerprint density at radius 2 is 1.88 bits per heavy atom. The lowest BCUT2D eigenvalue weighted by Crippen LogP contribution is -1.86. The molecule has 0 saturated carbocycles. The minimum atomic E-state index is -0.173. The molecule has 1 aromatic carbocycles. The zero-order valence-electron chi connectivity index (χ0n) is 10.7. The lowest BCUT2D eigenvalue weighted by Gasteiger charge is -2.07. The van der Waals surface area contributed by atoms with Gasteiger partial charge in [-0.2, -0.15) is 0 Å². The second-order valence-corrected chi connectivity index (χ2v) is 4.18. The molecule has 0 unspecified atom stereocenters. The predicted molar refractivity (Wildman–Crippen MR) is 73.3 cm³/mol. The quantitative estimate of drug-likeness (QED) is 0.457. The number of halogens is 1. The molecule has 0 aliphatic heterocycles. The number of rotatable bonds is 6. The Hall–Kier alpha value is -1.37. The fraction of sp³-hybridized carbons (Fsp3) is 0.375. The molecule has 1 rings (SSSR count). The van der Waals surface area contributed by atoms with Crippen LogP contribution in [0.2, 0.25) is 0 Å². The maximum Gasteiger partial charge on any atom is 0.123 e. The summed E-state index contributed by atoms with van der Waals surface area (Å²) in [5.74, 6) is -0.173. The van der Waals surface area contributed by atoms with Gasteiger partial charge in [-0.15, -0.1) is 0 Å². The van der Waals surface area contributed by atoms with E-state index in [1.54, 1.807) is 0 Å². The van der Waals surface area contributed by atoms with Crippen LogP contribution < -0.4 is 0 Å². The van der Waals surface area contributed by atoms with Crippen molar-refractivity contribution in [1.29, 1.82) is 0 Å².